The van der Waals surface area contributed by atoms with Crippen molar-refractivity contribution in [1.29, 1.82) is 0 Å². The lowest BCUT2D eigenvalue weighted by Crippen LogP contribution is -2.41. The molecule has 3 rings (SSSR count). The molecule has 1 aromatic heterocycles. The minimum absolute atomic E-state index is 0. The average molecular weight is 467 g/mol. The molecular weight excluding hydrogens is 437 g/mol. The molecular formula is C20H30IN5. The molecule has 0 atom stereocenters. The topological polar surface area (TPSA) is 45.5 Å². The monoisotopic (exact) mass is 467 g/mol. The molecule has 5 nitrogen and oxygen atoms in total. The first kappa shape index (κ1) is 20.7. The van der Waals surface area contributed by atoms with E-state index >= 15 is 0 Å². The Morgan fingerprint density at radius 1 is 1.27 bits per heavy atom. The van der Waals surface area contributed by atoms with Crippen LogP contribution < -0.4 is 5.32 Å². The van der Waals surface area contributed by atoms with E-state index in [1.54, 1.807) is 0 Å². The van der Waals surface area contributed by atoms with Crippen LogP contribution in [0.2, 0.25) is 0 Å². The molecule has 2 aromatic rings. The smallest absolute Gasteiger partial charge is 0.193 e. The Morgan fingerprint density at radius 2 is 2.04 bits per heavy atom. The highest BCUT2D eigenvalue weighted by atomic mass is 127. The molecule has 0 unspecified atom stereocenters. The molecule has 6 heteroatoms. The summed E-state index contributed by atoms with van der Waals surface area (Å²) < 4.78 is 2.22. The van der Waals surface area contributed by atoms with Crippen LogP contribution in [0.5, 0.6) is 0 Å². The van der Waals surface area contributed by atoms with Gasteiger partial charge in [0.15, 0.2) is 5.96 Å². The van der Waals surface area contributed by atoms with E-state index in [2.05, 4.69) is 69.1 Å². The Bertz CT molecular complexity index is 708. The van der Waals surface area contributed by atoms with Crippen LogP contribution in [0.25, 0.3) is 0 Å². The highest BCUT2D eigenvalue weighted by Crippen LogP contribution is 2.28. The number of likely N-dealkylation sites (tertiary alicyclic amines) is 1. The lowest BCUT2D eigenvalue weighted by molar-refractivity contribution is 0.370. The maximum absolute atomic E-state index is 4.53. The Balaban J connectivity index is 0.00000243. The van der Waals surface area contributed by atoms with Crippen molar-refractivity contribution >= 4 is 29.9 Å². The van der Waals surface area contributed by atoms with Crippen LogP contribution >= 0.6 is 24.0 Å². The van der Waals surface area contributed by atoms with E-state index in [-0.39, 0.29) is 24.0 Å². The van der Waals surface area contributed by atoms with Gasteiger partial charge in [-0.2, -0.15) is 0 Å². The summed E-state index contributed by atoms with van der Waals surface area (Å²) >= 11 is 0. The average Bonchev–Trinajstić information content (AvgIpc) is 3.19. The molecule has 1 saturated heterocycles. The van der Waals surface area contributed by atoms with E-state index in [1.165, 1.54) is 12.0 Å². The van der Waals surface area contributed by atoms with Crippen LogP contribution in [-0.2, 0) is 13.0 Å². The predicted molar refractivity (Wildman–Crippen MR) is 118 cm³/mol. The molecule has 142 valence electrons. The molecule has 1 aliphatic heterocycles. The number of imidazole rings is 1. The number of rotatable bonds is 5. The number of hydrogen-bond donors (Lipinski definition) is 1. The summed E-state index contributed by atoms with van der Waals surface area (Å²) in [5, 5.41) is 3.50. The van der Waals surface area contributed by atoms with Crippen LogP contribution in [-0.4, -0.2) is 47.1 Å². The van der Waals surface area contributed by atoms with Crippen molar-refractivity contribution in [2.45, 2.75) is 33.2 Å². The third-order valence-electron chi connectivity index (χ3n) is 4.82. The largest absolute Gasteiger partial charge is 0.356 e. The maximum Gasteiger partial charge on any atom is 0.193 e. The standard InChI is InChI=1S/C20H29N5.HI/c1-20(2)10-13-25(16-20)19(21-3)23-11-9-18-22-12-14-24(18)15-17-7-5-4-6-8-17;/h4-8,12,14H,9-11,13,15-16H2,1-3H3,(H,21,23);1H. The second-order valence-electron chi connectivity index (χ2n) is 7.52. The van der Waals surface area contributed by atoms with Crippen LogP contribution in [0.3, 0.4) is 0 Å². The van der Waals surface area contributed by atoms with Crippen LogP contribution in [0.15, 0.2) is 47.7 Å². The van der Waals surface area contributed by atoms with E-state index in [9.17, 15) is 0 Å². The number of aliphatic imine (C=N–C) groups is 1. The summed E-state index contributed by atoms with van der Waals surface area (Å²) in [5.41, 5.74) is 1.67. The van der Waals surface area contributed by atoms with E-state index in [1.807, 2.05) is 19.3 Å². The van der Waals surface area contributed by atoms with Crippen molar-refractivity contribution < 1.29 is 0 Å². The van der Waals surface area contributed by atoms with Crippen molar-refractivity contribution in [2.24, 2.45) is 10.4 Å². The first-order valence-electron chi connectivity index (χ1n) is 9.07. The summed E-state index contributed by atoms with van der Waals surface area (Å²) in [6.07, 6.45) is 6.04. The van der Waals surface area contributed by atoms with Gasteiger partial charge in [-0.25, -0.2) is 4.98 Å². The zero-order valence-corrected chi connectivity index (χ0v) is 18.3. The van der Waals surface area contributed by atoms with Crippen molar-refractivity contribution in [3.8, 4) is 0 Å². The minimum atomic E-state index is 0. The van der Waals surface area contributed by atoms with Gasteiger partial charge in [-0.15, -0.1) is 24.0 Å². The third-order valence-corrected chi connectivity index (χ3v) is 4.82. The third kappa shape index (κ3) is 5.46. The van der Waals surface area contributed by atoms with E-state index in [0.29, 0.717) is 5.41 Å². The van der Waals surface area contributed by atoms with Crippen molar-refractivity contribution in [3.05, 3.63) is 54.1 Å². The maximum atomic E-state index is 4.53. The van der Waals surface area contributed by atoms with Gasteiger partial charge in [0.25, 0.3) is 0 Å². The Labute approximate surface area is 173 Å². The van der Waals surface area contributed by atoms with E-state index < -0.39 is 0 Å². The van der Waals surface area contributed by atoms with E-state index in [0.717, 1.165) is 44.4 Å². The number of aromatic nitrogens is 2. The SMILES string of the molecule is CN=C(NCCc1nccn1Cc1ccccc1)N1CCC(C)(C)C1.I. The van der Waals surface area contributed by atoms with Crippen LogP contribution in [0.4, 0.5) is 0 Å². The molecule has 0 saturated carbocycles. The van der Waals surface area contributed by atoms with Gasteiger partial charge in [0.1, 0.15) is 5.82 Å². The molecule has 1 aromatic carbocycles. The number of halogens is 1. The number of benzene rings is 1. The molecule has 0 radical (unpaired) electrons. The Kier molecular flexibility index (Phi) is 7.49. The first-order chi connectivity index (χ1) is 12.1. The summed E-state index contributed by atoms with van der Waals surface area (Å²) in [6, 6.07) is 10.5. The van der Waals surface area contributed by atoms with Gasteiger partial charge >= 0.3 is 0 Å². The van der Waals surface area contributed by atoms with Crippen molar-refractivity contribution in [1.82, 2.24) is 19.8 Å². The van der Waals surface area contributed by atoms with E-state index in [4.69, 9.17) is 0 Å². The van der Waals surface area contributed by atoms with Gasteiger partial charge < -0.3 is 14.8 Å². The van der Waals surface area contributed by atoms with Gasteiger partial charge in [-0.3, -0.25) is 4.99 Å². The lowest BCUT2D eigenvalue weighted by atomic mass is 9.93. The van der Waals surface area contributed by atoms with Crippen molar-refractivity contribution in [2.75, 3.05) is 26.7 Å². The minimum Gasteiger partial charge on any atom is -0.356 e. The molecule has 0 aliphatic carbocycles. The number of nitrogens with zero attached hydrogens (tertiary/aromatic N) is 4. The summed E-state index contributed by atoms with van der Waals surface area (Å²) in [6.45, 7) is 8.49. The number of nitrogens with one attached hydrogen (secondary N) is 1. The Morgan fingerprint density at radius 3 is 2.69 bits per heavy atom. The normalized spacial score (nSPS) is 16.4. The highest BCUT2D eigenvalue weighted by Gasteiger charge is 2.30. The fourth-order valence-corrected chi connectivity index (χ4v) is 3.40. The fraction of sp³-hybridized carbons (Fsp3) is 0.500. The second-order valence-corrected chi connectivity index (χ2v) is 7.52. The molecule has 1 fully saturated rings. The quantitative estimate of drug-likeness (QED) is 0.417. The summed E-state index contributed by atoms with van der Waals surface area (Å²) in [5.74, 6) is 2.11. The molecule has 26 heavy (non-hydrogen) atoms. The zero-order valence-electron chi connectivity index (χ0n) is 16.0. The summed E-state index contributed by atoms with van der Waals surface area (Å²) in [4.78, 5) is 11.3. The molecule has 0 amide bonds. The highest BCUT2D eigenvalue weighted by molar-refractivity contribution is 14.0. The molecule has 0 spiro atoms. The predicted octanol–water partition coefficient (Wildman–Crippen LogP) is 3.40. The van der Waals surface area contributed by atoms with Crippen LogP contribution in [0.1, 0.15) is 31.7 Å². The van der Waals surface area contributed by atoms with Crippen LogP contribution in [0, 0.1) is 5.41 Å². The van der Waals surface area contributed by atoms with Gasteiger partial charge in [0.2, 0.25) is 0 Å². The zero-order chi connectivity index (χ0) is 17.7. The van der Waals surface area contributed by atoms with Crippen molar-refractivity contribution in [3.63, 3.8) is 0 Å². The second kappa shape index (κ2) is 9.39. The van der Waals surface area contributed by atoms with Gasteiger partial charge in [0.05, 0.1) is 0 Å². The fourth-order valence-electron chi connectivity index (χ4n) is 3.40. The molecule has 1 aliphatic rings. The molecule has 2 heterocycles. The molecule has 0 bridgehead atoms. The van der Waals surface area contributed by atoms with Gasteiger partial charge in [-0.1, -0.05) is 44.2 Å². The Hall–Kier alpha value is -1.57. The summed E-state index contributed by atoms with van der Waals surface area (Å²) in [7, 11) is 1.87. The first-order valence-corrected chi connectivity index (χ1v) is 9.07. The number of hydrogen-bond acceptors (Lipinski definition) is 2. The van der Waals surface area contributed by atoms with Gasteiger partial charge in [0, 0.05) is 52.0 Å². The lowest BCUT2D eigenvalue weighted by Gasteiger charge is -2.23. The van der Waals surface area contributed by atoms with Gasteiger partial charge in [-0.05, 0) is 17.4 Å². The molecule has 1 N–H and O–H groups in total. The number of guanidine groups is 1.